The van der Waals surface area contributed by atoms with E-state index in [9.17, 15) is 9.18 Å². The normalized spacial score (nSPS) is 10.1. The molecule has 0 atom stereocenters. The molecule has 98 valence electrons. The lowest BCUT2D eigenvalue weighted by atomic mass is 10.2. The molecule has 0 aliphatic heterocycles. The summed E-state index contributed by atoms with van der Waals surface area (Å²) in [6, 6.07) is 6.88. The lowest BCUT2D eigenvalue weighted by Crippen LogP contribution is -2.04. The summed E-state index contributed by atoms with van der Waals surface area (Å²) in [5, 5.41) is 0.271. The van der Waals surface area contributed by atoms with E-state index in [4.69, 9.17) is 16.3 Å². The minimum absolute atomic E-state index is 0.194. The number of benzene rings is 1. The smallest absolute Gasteiger partial charge is 0.340 e. The second-order valence-corrected chi connectivity index (χ2v) is 3.94. The molecule has 0 N–H and O–H groups in total. The Kier molecular flexibility index (Phi) is 3.97. The molecule has 0 saturated carbocycles. The first kappa shape index (κ1) is 13.3. The third-order valence-electron chi connectivity index (χ3n) is 2.28. The number of aromatic nitrogens is 1. The fraction of sp³-hybridized carbons (Fsp3) is 0.0769. The van der Waals surface area contributed by atoms with Crippen molar-refractivity contribution < 1.29 is 18.7 Å². The van der Waals surface area contributed by atoms with E-state index in [1.165, 1.54) is 31.5 Å². The predicted molar refractivity (Wildman–Crippen MR) is 67.1 cm³/mol. The van der Waals surface area contributed by atoms with Crippen LogP contribution in [-0.2, 0) is 4.74 Å². The molecule has 0 unspecified atom stereocenters. The first-order chi connectivity index (χ1) is 9.10. The van der Waals surface area contributed by atoms with Crippen molar-refractivity contribution >= 4 is 17.6 Å². The van der Waals surface area contributed by atoms with Gasteiger partial charge in [-0.15, -0.1) is 0 Å². The van der Waals surface area contributed by atoms with E-state index in [-0.39, 0.29) is 10.7 Å². The second-order valence-electron chi connectivity index (χ2n) is 3.55. The molecule has 0 aliphatic carbocycles. The largest absolute Gasteiger partial charge is 0.465 e. The van der Waals surface area contributed by atoms with Gasteiger partial charge >= 0.3 is 5.97 Å². The molecule has 0 aliphatic rings. The van der Waals surface area contributed by atoms with Gasteiger partial charge in [0.25, 0.3) is 0 Å². The maximum atomic E-state index is 13.4. The highest BCUT2D eigenvalue weighted by molar-refractivity contribution is 6.29. The average Bonchev–Trinajstić information content (AvgIpc) is 2.40. The number of carbonyl (C=O) groups excluding carboxylic acids is 1. The van der Waals surface area contributed by atoms with Crippen molar-refractivity contribution in [2.75, 3.05) is 7.11 Å². The Hall–Kier alpha value is -2.14. The van der Waals surface area contributed by atoms with Gasteiger partial charge in [-0.25, -0.2) is 14.2 Å². The highest BCUT2D eigenvalue weighted by atomic mass is 35.5. The summed E-state index contributed by atoms with van der Waals surface area (Å²) in [6.45, 7) is 0. The Labute approximate surface area is 113 Å². The van der Waals surface area contributed by atoms with Crippen LogP contribution in [0.25, 0.3) is 0 Å². The Balaban J connectivity index is 2.29. The minimum Gasteiger partial charge on any atom is -0.465 e. The summed E-state index contributed by atoms with van der Waals surface area (Å²) in [6.07, 6.45) is 1.47. The quantitative estimate of drug-likeness (QED) is 0.638. The monoisotopic (exact) mass is 281 g/mol. The number of hydrogen-bond acceptors (Lipinski definition) is 4. The molecular weight excluding hydrogens is 273 g/mol. The van der Waals surface area contributed by atoms with Crippen LogP contribution in [0.4, 0.5) is 4.39 Å². The average molecular weight is 282 g/mol. The van der Waals surface area contributed by atoms with E-state index < -0.39 is 11.8 Å². The van der Waals surface area contributed by atoms with Gasteiger partial charge in [0.2, 0.25) is 0 Å². The van der Waals surface area contributed by atoms with E-state index in [0.29, 0.717) is 11.5 Å². The highest BCUT2D eigenvalue weighted by Gasteiger charge is 2.13. The van der Waals surface area contributed by atoms with Crippen molar-refractivity contribution in [1.82, 2.24) is 4.98 Å². The third kappa shape index (κ3) is 3.20. The van der Waals surface area contributed by atoms with Crippen LogP contribution in [0.2, 0.25) is 5.15 Å². The van der Waals surface area contributed by atoms with Crippen LogP contribution in [0, 0.1) is 5.82 Å². The number of ether oxygens (including phenoxy) is 2. The number of methoxy groups -OCH3 is 1. The van der Waals surface area contributed by atoms with Crippen molar-refractivity contribution in [3.05, 3.63) is 53.1 Å². The molecule has 0 radical (unpaired) electrons. The standard InChI is InChI=1S/C13H9ClFNO3/c1-18-13(17)10-6-8(2-3-11(10)15)19-9-4-5-16-12(14)7-9/h2-7H,1H3. The Bertz CT molecular complexity index is 619. The van der Waals surface area contributed by atoms with Crippen LogP contribution in [0.3, 0.4) is 0 Å². The molecule has 2 rings (SSSR count). The minimum atomic E-state index is -0.768. The predicted octanol–water partition coefficient (Wildman–Crippen LogP) is 3.45. The molecular formula is C13H9ClFNO3. The molecule has 0 fully saturated rings. The number of carbonyl (C=O) groups is 1. The number of hydrogen-bond donors (Lipinski definition) is 0. The molecule has 4 nitrogen and oxygen atoms in total. The molecule has 0 bridgehead atoms. The summed E-state index contributed by atoms with van der Waals surface area (Å²) < 4.78 is 23.3. The van der Waals surface area contributed by atoms with Crippen molar-refractivity contribution in [3.63, 3.8) is 0 Å². The van der Waals surface area contributed by atoms with Gasteiger partial charge in [0.1, 0.15) is 22.5 Å². The second kappa shape index (κ2) is 5.67. The van der Waals surface area contributed by atoms with Gasteiger partial charge in [0.05, 0.1) is 12.7 Å². The molecule has 2 aromatic rings. The number of pyridine rings is 1. The summed E-state index contributed by atoms with van der Waals surface area (Å²) in [5.74, 6) is -0.714. The summed E-state index contributed by atoms with van der Waals surface area (Å²) in [5.41, 5.74) is -0.194. The van der Waals surface area contributed by atoms with Crippen molar-refractivity contribution in [1.29, 1.82) is 0 Å². The Morgan fingerprint density at radius 2 is 2.00 bits per heavy atom. The van der Waals surface area contributed by atoms with Gasteiger partial charge < -0.3 is 9.47 Å². The van der Waals surface area contributed by atoms with E-state index in [2.05, 4.69) is 9.72 Å². The lowest BCUT2D eigenvalue weighted by Gasteiger charge is -2.07. The highest BCUT2D eigenvalue weighted by Crippen LogP contribution is 2.25. The molecule has 0 spiro atoms. The molecule has 1 heterocycles. The van der Waals surface area contributed by atoms with Crippen LogP contribution in [0.5, 0.6) is 11.5 Å². The first-order valence-electron chi connectivity index (χ1n) is 5.27. The summed E-state index contributed by atoms with van der Waals surface area (Å²) in [7, 11) is 1.18. The van der Waals surface area contributed by atoms with Gasteiger partial charge in [-0.2, -0.15) is 0 Å². The number of nitrogens with zero attached hydrogens (tertiary/aromatic N) is 1. The van der Waals surface area contributed by atoms with Crippen LogP contribution in [0.1, 0.15) is 10.4 Å². The lowest BCUT2D eigenvalue weighted by molar-refractivity contribution is 0.0595. The van der Waals surface area contributed by atoms with E-state index in [0.717, 1.165) is 6.07 Å². The van der Waals surface area contributed by atoms with Crippen LogP contribution < -0.4 is 4.74 Å². The Morgan fingerprint density at radius 1 is 1.26 bits per heavy atom. The zero-order valence-electron chi connectivity index (χ0n) is 9.89. The van der Waals surface area contributed by atoms with E-state index in [1.54, 1.807) is 6.07 Å². The van der Waals surface area contributed by atoms with E-state index in [1.807, 2.05) is 0 Å². The Morgan fingerprint density at radius 3 is 2.68 bits per heavy atom. The first-order valence-corrected chi connectivity index (χ1v) is 5.65. The SMILES string of the molecule is COC(=O)c1cc(Oc2ccnc(Cl)c2)ccc1F. The van der Waals surface area contributed by atoms with Gasteiger partial charge in [-0.1, -0.05) is 11.6 Å². The van der Waals surface area contributed by atoms with E-state index >= 15 is 0 Å². The molecule has 1 aromatic heterocycles. The fourth-order valence-electron chi connectivity index (χ4n) is 1.42. The van der Waals surface area contributed by atoms with Gasteiger partial charge in [-0.05, 0) is 24.3 Å². The van der Waals surface area contributed by atoms with Crippen LogP contribution >= 0.6 is 11.6 Å². The fourth-order valence-corrected chi connectivity index (χ4v) is 1.58. The topological polar surface area (TPSA) is 48.4 Å². The zero-order valence-corrected chi connectivity index (χ0v) is 10.6. The van der Waals surface area contributed by atoms with Crippen LogP contribution in [0.15, 0.2) is 36.5 Å². The zero-order chi connectivity index (χ0) is 13.8. The number of rotatable bonds is 3. The third-order valence-corrected chi connectivity index (χ3v) is 2.48. The summed E-state index contributed by atoms with van der Waals surface area (Å²) >= 11 is 5.72. The molecule has 6 heteroatoms. The van der Waals surface area contributed by atoms with Gasteiger partial charge in [-0.3, -0.25) is 0 Å². The van der Waals surface area contributed by atoms with Crippen LogP contribution in [-0.4, -0.2) is 18.1 Å². The van der Waals surface area contributed by atoms with Gasteiger partial charge in [0.15, 0.2) is 0 Å². The van der Waals surface area contributed by atoms with Crippen molar-refractivity contribution in [2.24, 2.45) is 0 Å². The van der Waals surface area contributed by atoms with Gasteiger partial charge in [0, 0.05) is 12.3 Å². The molecule has 0 saturated heterocycles. The summed E-state index contributed by atoms with van der Waals surface area (Å²) in [4.78, 5) is 15.2. The molecule has 1 aromatic carbocycles. The maximum Gasteiger partial charge on any atom is 0.340 e. The number of halogens is 2. The molecule has 19 heavy (non-hydrogen) atoms. The van der Waals surface area contributed by atoms with Crippen molar-refractivity contribution in [2.45, 2.75) is 0 Å². The molecule has 0 amide bonds. The van der Waals surface area contributed by atoms with Crippen molar-refractivity contribution in [3.8, 4) is 11.5 Å². The number of esters is 1. The maximum absolute atomic E-state index is 13.4.